The first-order valence-electron chi connectivity index (χ1n) is 7.49. The average molecular weight is 342 g/mol. The predicted octanol–water partition coefficient (Wildman–Crippen LogP) is 3.76. The molecule has 0 amide bonds. The number of aromatic nitrogens is 2. The largest absolute Gasteiger partial charge is 0.381 e. The lowest BCUT2D eigenvalue weighted by atomic mass is 10.1. The second-order valence-electron chi connectivity index (χ2n) is 5.78. The first-order valence-corrected chi connectivity index (χ1v) is 8.29. The normalized spacial score (nSPS) is 18.8. The molecule has 1 aromatic heterocycles. The van der Waals surface area contributed by atoms with Crippen LogP contribution in [-0.4, -0.2) is 29.7 Å². The molecule has 1 N–H and O–H groups in total. The fraction of sp³-hybridized carbons (Fsp3) is 0.733. The third-order valence-corrected chi connectivity index (χ3v) is 4.21. The molecule has 1 fully saturated rings. The quantitative estimate of drug-likeness (QED) is 0.855. The molecule has 20 heavy (non-hydrogen) atoms. The topological polar surface area (TPSA) is 47.0 Å². The van der Waals surface area contributed by atoms with Gasteiger partial charge in [0.05, 0.1) is 16.8 Å². The lowest BCUT2D eigenvalue weighted by Crippen LogP contribution is -2.13. The zero-order valence-corrected chi connectivity index (χ0v) is 14.2. The van der Waals surface area contributed by atoms with Gasteiger partial charge >= 0.3 is 0 Å². The Bertz CT molecular complexity index is 445. The van der Waals surface area contributed by atoms with E-state index in [1.165, 1.54) is 0 Å². The Kier molecular flexibility index (Phi) is 5.78. The van der Waals surface area contributed by atoms with Gasteiger partial charge in [-0.15, -0.1) is 0 Å². The summed E-state index contributed by atoms with van der Waals surface area (Å²) in [6.07, 6.45) is 3.07. The van der Waals surface area contributed by atoms with Crippen LogP contribution in [-0.2, 0) is 11.2 Å². The Morgan fingerprint density at radius 3 is 2.80 bits per heavy atom. The number of halogens is 1. The summed E-state index contributed by atoms with van der Waals surface area (Å²) in [6.45, 7) is 9.08. The lowest BCUT2D eigenvalue weighted by molar-refractivity contribution is 0.193. The van der Waals surface area contributed by atoms with Crippen molar-refractivity contribution in [2.45, 2.75) is 46.0 Å². The van der Waals surface area contributed by atoms with Gasteiger partial charge in [-0.05, 0) is 41.1 Å². The summed E-state index contributed by atoms with van der Waals surface area (Å²) in [4.78, 5) is 9.50. The summed E-state index contributed by atoms with van der Waals surface area (Å²) in [7, 11) is 0. The SMILES string of the molecule is CCCNc1nc(C2CCOC2)nc(CC(C)C)c1Br. The van der Waals surface area contributed by atoms with Crippen LogP contribution >= 0.6 is 15.9 Å². The van der Waals surface area contributed by atoms with E-state index in [4.69, 9.17) is 14.7 Å². The minimum absolute atomic E-state index is 0.344. The van der Waals surface area contributed by atoms with Crippen LogP contribution in [0.4, 0.5) is 5.82 Å². The zero-order valence-electron chi connectivity index (χ0n) is 12.6. The van der Waals surface area contributed by atoms with Gasteiger partial charge < -0.3 is 10.1 Å². The van der Waals surface area contributed by atoms with Gasteiger partial charge in [-0.1, -0.05) is 20.8 Å². The minimum Gasteiger partial charge on any atom is -0.381 e. The van der Waals surface area contributed by atoms with Crippen molar-refractivity contribution in [2.24, 2.45) is 5.92 Å². The molecule has 112 valence electrons. The third-order valence-electron chi connectivity index (χ3n) is 3.38. The van der Waals surface area contributed by atoms with E-state index in [0.29, 0.717) is 11.8 Å². The van der Waals surface area contributed by atoms with Gasteiger partial charge in [0.15, 0.2) is 0 Å². The van der Waals surface area contributed by atoms with Gasteiger partial charge in [0.2, 0.25) is 0 Å². The predicted molar refractivity (Wildman–Crippen MR) is 85.2 cm³/mol. The molecule has 1 saturated heterocycles. The molecular formula is C15H24BrN3O. The second-order valence-corrected chi connectivity index (χ2v) is 6.57. The number of hydrogen-bond acceptors (Lipinski definition) is 4. The molecule has 2 heterocycles. The molecule has 0 radical (unpaired) electrons. The van der Waals surface area contributed by atoms with Crippen LogP contribution in [0.5, 0.6) is 0 Å². The van der Waals surface area contributed by atoms with Crippen molar-refractivity contribution in [1.82, 2.24) is 9.97 Å². The molecule has 1 unspecified atom stereocenters. The van der Waals surface area contributed by atoms with E-state index < -0.39 is 0 Å². The maximum Gasteiger partial charge on any atom is 0.144 e. The van der Waals surface area contributed by atoms with Crippen molar-refractivity contribution in [3.63, 3.8) is 0 Å². The van der Waals surface area contributed by atoms with E-state index in [1.807, 2.05) is 0 Å². The van der Waals surface area contributed by atoms with Crippen molar-refractivity contribution in [3.8, 4) is 0 Å². The highest BCUT2D eigenvalue weighted by atomic mass is 79.9. The summed E-state index contributed by atoms with van der Waals surface area (Å²) in [5.74, 6) is 2.78. The van der Waals surface area contributed by atoms with Crippen LogP contribution in [0.15, 0.2) is 4.47 Å². The maximum absolute atomic E-state index is 5.47. The molecular weight excluding hydrogens is 318 g/mol. The van der Waals surface area contributed by atoms with E-state index in [-0.39, 0.29) is 0 Å². The molecule has 0 aromatic carbocycles. The van der Waals surface area contributed by atoms with Crippen LogP contribution in [0, 0.1) is 5.92 Å². The van der Waals surface area contributed by atoms with Crippen LogP contribution in [0.25, 0.3) is 0 Å². The number of ether oxygens (including phenoxy) is 1. The maximum atomic E-state index is 5.47. The molecule has 4 nitrogen and oxygen atoms in total. The van der Waals surface area contributed by atoms with Crippen molar-refractivity contribution >= 4 is 21.7 Å². The van der Waals surface area contributed by atoms with Crippen molar-refractivity contribution in [3.05, 3.63) is 16.0 Å². The van der Waals surface area contributed by atoms with Gasteiger partial charge in [-0.25, -0.2) is 9.97 Å². The van der Waals surface area contributed by atoms with Crippen molar-refractivity contribution < 1.29 is 4.74 Å². The van der Waals surface area contributed by atoms with Crippen LogP contribution in [0.3, 0.4) is 0 Å². The number of anilines is 1. The third kappa shape index (κ3) is 3.92. The summed E-state index contributed by atoms with van der Waals surface area (Å²) in [5, 5.41) is 3.40. The number of nitrogens with zero attached hydrogens (tertiary/aromatic N) is 2. The van der Waals surface area contributed by atoms with Crippen LogP contribution in [0.1, 0.15) is 51.0 Å². The van der Waals surface area contributed by atoms with E-state index in [9.17, 15) is 0 Å². The summed E-state index contributed by atoms with van der Waals surface area (Å²) < 4.78 is 6.49. The molecule has 0 aliphatic carbocycles. The zero-order chi connectivity index (χ0) is 14.5. The number of hydrogen-bond donors (Lipinski definition) is 1. The molecule has 5 heteroatoms. The van der Waals surface area contributed by atoms with E-state index in [1.54, 1.807) is 0 Å². The number of rotatable bonds is 6. The molecule has 0 saturated carbocycles. The van der Waals surface area contributed by atoms with Gasteiger partial charge in [0.1, 0.15) is 11.6 Å². The fourth-order valence-electron chi connectivity index (χ4n) is 2.32. The van der Waals surface area contributed by atoms with E-state index >= 15 is 0 Å². The van der Waals surface area contributed by atoms with E-state index in [0.717, 1.165) is 60.8 Å². The lowest BCUT2D eigenvalue weighted by Gasteiger charge is -2.16. The Balaban J connectivity index is 2.30. The highest BCUT2D eigenvalue weighted by Crippen LogP contribution is 2.30. The summed E-state index contributed by atoms with van der Waals surface area (Å²) in [6, 6.07) is 0. The first-order chi connectivity index (χ1) is 9.61. The van der Waals surface area contributed by atoms with Gasteiger partial charge in [0, 0.05) is 19.1 Å². The molecule has 1 aliphatic heterocycles. The molecule has 2 rings (SSSR count). The highest BCUT2D eigenvalue weighted by molar-refractivity contribution is 9.10. The van der Waals surface area contributed by atoms with Gasteiger partial charge in [-0.2, -0.15) is 0 Å². The molecule has 1 atom stereocenters. The molecule has 1 aromatic rings. The average Bonchev–Trinajstić information content (AvgIpc) is 2.93. The van der Waals surface area contributed by atoms with Crippen molar-refractivity contribution in [1.29, 1.82) is 0 Å². The molecule has 1 aliphatic rings. The van der Waals surface area contributed by atoms with Crippen molar-refractivity contribution in [2.75, 3.05) is 25.1 Å². The van der Waals surface area contributed by atoms with Gasteiger partial charge in [0.25, 0.3) is 0 Å². The highest BCUT2D eigenvalue weighted by Gasteiger charge is 2.23. The molecule has 0 bridgehead atoms. The Labute approximate surface area is 129 Å². The summed E-state index contributed by atoms with van der Waals surface area (Å²) >= 11 is 3.66. The number of nitrogens with one attached hydrogen (secondary N) is 1. The van der Waals surface area contributed by atoms with E-state index in [2.05, 4.69) is 42.0 Å². The minimum atomic E-state index is 0.344. The monoisotopic (exact) mass is 341 g/mol. The van der Waals surface area contributed by atoms with Crippen LogP contribution in [0.2, 0.25) is 0 Å². The Morgan fingerprint density at radius 2 is 2.20 bits per heavy atom. The fourth-order valence-corrected chi connectivity index (χ4v) is 2.80. The smallest absolute Gasteiger partial charge is 0.144 e. The Morgan fingerprint density at radius 1 is 1.40 bits per heavy atom. The molecule has 0 spiro atoms. The summed E-state index contributed by atoms with van der Waals surface area (Å²) in [5.41, 5.74) is 1.11. The van der Waals surface area contributed by atoms with Crippen LogP contribution < -0.4 is 5.32 Å². The standard InChI is InChI=1S/C15H24BrN3O/c1-4-6-17-15-13(16)12(8-10(2)3)18-14(19-15)11-5-7-20-9-11/h10-11H,4-9H2,1-3H3,(H,17,18,19). The second kappa shape index (κ2) is 7.36. The van der Waals surface area contributed by atoms with Gasteiger partial charge in [-0.3, -0.25) is 0 Å². The first kappa shape index (κ1) is 15.7. The Hall–Kier alpha value is -0.680.